The van der Waals surface area contributed by atoms with E-state index in [1.807, 2.05) is 24.1 Å². The third-order valence-corrected chi connectivity index (χ3v) is 7.06. The van der Waals surface area contributed by atoms with Gasteiger partial charge in [0, 0.05) is 50.6 Å². The smallest absolute Gasteiger partial charge is 0.224 e. The van der Waals surface area contributed by atoms with E-state index in [9.17, 15) is 9.50 Å². The summed E-state index contributed by atoms with van der Waals surface area (Å²) in [6, 6.07) is 6.75. The van der Waals surface area contributed by atoms with Crippen molar-refractivity contribution in [2.75, 3.05) is 54.9 Å². The normalized spacial score (nSPS) is 19.8. The molecule has 3 aliphatic rings. The maximum Gasteiger partial charge on any atom is 0.224 e. The van der Waals surface area contributed by atoms with Crippen molar-refractivity contribution in [3.63, 3.8) is 0 Å². The molecule has 3 aliphatic heterocycles. The number of nitrogens with zero attached hydrogens (tertiary/aromatic N) is 7. The van der Waals surface area contributed by atoms with E-state index in [2.05, 4.69) is 37.1 Å². The zero-order valence-corrected chi connectivity index (χ0v) is 20.1. The minimum atomic E-state index is -0.332. The molecule has 2 saturated heterocycles. The predicted molar refractivity (Wildman–Crippen MR) is 134 cm³/mol. The maximum atomic E-state index is 13.8. The lowest BCUT2D eigenvalue weighted by Gasteiger charge is -2.45. The highest BCUT2D eigenvalue weighted by Crippen LogP contribution is 2.35. The Bertz CT molecular complexity index is 1310. The second kappa shape index (κ2) is 8.98. The van der Waals surface area contributed by atoms with E-state index in [0.29, 0.717) is 31.3 Å². The molecule has 0 spiro atoms. The number of aliphatic hydroxyl groups excluding tert-OH is 1. The van der Waals surface area contributed by atoms with Crippen LogP contribution >= 0.6 is 0 Å². The first-order valence-corrected chi connectivity index (χ1v) is 12.2. The van der Waals surface area contributed by atoms with E-state index < -0.39 is 0 Å². The number of piperazine rings is 1. The average molecular weight is 493 g/mol. The second-order valence-corrected chi connectivity index (χ2v) is 9.52. The quantitative estimate of drug-likeness (QED) is 0.548. The summed E-state index contributed by atoms with van der Waals surface area (Å²) >= 11 is 0. The van der Waals surface area contributed by atoms with Gasteiger partial charge in [-0.25, -0.2) is 9.07 Å². The number of halogens is 1. The first-order chi connectivity index (χ1) is 17.4. The summed E-state index contributed by atoms with van der Waals surface area (Å²) in [4.78, 5) is 15.2. The topological polar surface area (TPSA) is 109 Å². The number of nitrogens with two attached hydrogens (primary N) is 1. The van der Waals surface area contributed by atoms with Crippen LogP contribution in [-0.2, 0) is 6.42 Å². The molecule has 2 fully saturated rings. The molecule has 1 aromatic carbocycles. The van der Waals surface area contributed by atoms with Crippen molar-refractivity contribution in [2.24, 2.45) is 0 Å². The van der Waals surface area contributed by atoms with E-state index in [1.54, 1.807) is 16.8 Å². The third kappa shape index (κ3) is 4.19. The summed E-state index contributed by atoms with van der Waals surface area (Å²) in [5.74, 6) is 1.99. The third-order valence-electron chi connectivity index (χ3n) is 7.06. The van der Waals surface area contributed by atoms with Crippen LogP contribution in [0.1, 0.15) is 11.3 Å². The van der Waals surface area contributed by atoms with Crippen LogP contribution in [0.25, 0.3) is 5.82 Å². The lowest BCUT2D eigenvalue weighted by Crippen LogP contribution is -2.55. The van der Waals surface area contributed by atoms with Crippen LogP contribution in [0.3, 0.4) is 0 Å². The number of aliphatic hydroxyl groups is 1. The van der Waals surface area contributed by atoms with Crippen LogP contribution in [0, 0.1) is 12.7 Å². The number of nitrogen functional groups attached to an aromatic ring is 1. The molecule has 3 N–H and O–H groups in total. The molecule has 5 heterocycles. The average Bonchev–Trinajstić information content (AvgIpc) is 3.21. The Morgan fingerprint density at radius 3 is 2.83 bits per heavy atom. The van der Waals surface area contributed by atoms with Crippen LogP contribution in [0.4, 0.5) is 21.8 Å². The fraction of sp³-hybridized carbons (Fsp3) is 0.400. The van der Waals surface area contributed by atoms with Crippen molar-refractivity contribution in [3.05, 3.63) is 59.8 Å². The summed E-state index contributed by atoms with van der Waals surface area (Å²) in [6.07, 6.45) is 6.52. The fourth-order valence-corrected chi connectivity index (χ4v) is 5.05. The number of allylic oxidation sites excluding steroid dienone is 1. The van der Waals surface area contributed by atoms with Gasteiger partial charge in [0.1, 0.15) is 24.0 Å². The van der Waals surface area contributed by atoms with Crippen LogP contribution < -0.4 is 20.3 Å². The van der Waals surface area contributed by atoms with Gasteiger partial charge in [-0.2, -0.15) is 15.1 Å². The molecule has 0 saturated carbocycles. The van der Waals surface area contributed by atoms with Crippen LogP contribution in [0.15, 0.2) is 42.7 Å². The maximum absolute atomic E-state index is 13.8. The van der Waals surface area contributed by atoms with Crippen molar-refractivity contribution in [3.8, 4) is 11.6 Å². The standard InChI is InChI=1S/C25H29FN8O2/c1-16-17(11-28-34(16)24-10-23(29-25(27)30-24)32-13-20(35)14-32)3-2-6-31-7-8-33-19(12-31)15-36-22-5-4-18(26)9-21(22)33/h2,4-6,9-11,19-20,35H,3,7-8,12-15H2,1H3,(H2,27,29,30)/b6-2+. The molecule has 0 radical (unpaired) electrons. The minimum Gasteiger partial charge on any atom is -0.489 e. The van der Waals surface area contributed by atoms with Gasteiger partial charge in [0.25, 0.3) is 0 Å². The van der Waals surface area contributed by atoms with E-state index in [-0.39, 0.29) is 23.9 Å². The van der Waals surface area contributed by atoms with E-state index in [1.165, 1.54) is 6.07 Å². The lowest BCUT2D eigenvalue weighted by atomic mass is 10.1. The molecule has 6 rings (SSSR count). The highest BCUT2D eigenvalue weighted by Gasteiger charge is 2.32. The summed E-state index contributed by atoms with van der Waals surface area (Å²) < 4.78 is 21.4. The van der Waals surface area contributed by atoms with Gasteiger partial charge in [0.2, 0.25) is 5.95 Å². The van der Waals surface area contributed by atoms with E-state index in [0.717, 1.165) is 48.7 Å². The number of benzene rings is 1. The Labute approximate surface area is 208 Å². The van der Waals surface area contributed by atoms with Gasteiger partial charge < -0.3 is 30.3 Å². The van der Waals surface area contributed by atoms with Crippen LogP contribution in [0.5, 0.6) is 5.75 Å². The van der Waals surface area contributed by atoms with E-state index in [4.69, 9.17) is 10.5 Å². The monoisotopic (exact) mass is 492 g/mol. The highest BCUT2D eigenvalue weighted by molar-refractivity contribution is 5.61. The number of hydrogen-bond acceptors (Lipinski definition) is 9. The molecule has 11 heteroatoms. The van der Waals surface area contributed by atoms with Gasteiger partial charge in [-0.05, 0) is 37.2 Å². The number of fused-ring (bicyclic) bond motifs is 3. The number of anilines is 3. The van der Waals surface area contributed by atoms with Gasteiger partial charge in [0.15, 0.2) is 5.82 Å². The van der Waals surface area contributed by atoms with Crippen molar-refractivity contribution in [1.29, 1.82) is 0 Å². The second-order valence-electron chi connectivity index (χ2n) is 9.52. The van der Waals surface area contributed by atoms with Crippen molar-refractivity contribution >= 4 is 17.5 Å². The number of hydrogen-bond donors (Lipinski definition) is 2. The summed E-state index contributed by atoms with van der Waals surface area (Å²) in [5.41, 5.74) is 8.87. The van der Waals surface area contributed by atoms with Gasteiger partial charge in [-0.3, -0.25) is 0 Å². The van der Waals surface area contributed by atoms with Crippen molar-refractivity contribution in [2.45, 2.75) is 25.5 Å². The molecular weight excluding hydrogens is 463 g/mol. The molecule has 188 valence electrons. The summed E-state index contributed by atoms with van der Waals surface area (Å²) in [6.45, 7) is 6.17. The van der Waals surface area contributed by atoms with Crippen LogP contribution in [-0.4, -0.2) is 81.2 Å². The molecule has 0 aliphatic carbocycles. The summed E-state index contributed by atoms with van der Waals surface area (Å²) in [5, 5.41) is 14.1. The lowest BCUT2D eigenvalue weighted by molar-refractivity contribution is 0.141. The Morgan fingerprint density at radius 1 is 1.17 bits per heavy atom. The number of aromatic nitrogens is 4. The Morgan fingerprint density at radius 2 is 2.00 bits per heavy atom. The molecule has 0 bridgehead atoms. The molecule has 0 amide bonds. The van der Waals surface area contributed by atoms with Crippen molar-refractivity contribution in [1.82, 2.24) is 24.6 Å². The fourth-order valence-electron chi connectivity index (χ4n) is 5.05. The van der Waals surface area contributed by atoms with Gasteiger partial charge >= 0.3 is 0 Å². The zero-order valence-electron chi connectivity index (χ0n) is 20.1. The zero-order chi connectivity index (χ0) is 24.8. The van der Waals surface area contributed by atoms with E-state index >= 15 is 0 Å². The SMILES string of the molecule is Cc1c(C/C=C/N2CCN3c4cc(F)ccc4OCC3C2)cnn1-c1cc(N2CC(O)C2)nc(N)n1. The minimum absolute atomic E-state index is 0.177. The van der Waals surface area contributed by atoms with Gasteiger partial charge in [0.05, 0.1) is 24.0 Å². The number of rotatable bonds is 5. The summed E-state index contributed by atoms with van der Waals surface area (Å²) in [7, 11) is 0. The molecule has 1 atom stereocenters. The Kier molecular flexibility index (Phi) is 5.63. The molecule has 3 aromatic rings. The largest absolute Gasteiger partial charge is 0.489 e. The molecular formula is C25H29FN8O2. The molecule has 2 aromatic heterocycles. The van der Waals surface area contributed by atoms with Gasteiger partial charge in [-0.1, -0.05) is 6.08 Å². The molecule has 10 nitrogen and oxygen atoms in total. The first kappa shape index (κ1) is 22.6. The number of ether oxygens (including phenoxy) is 1. The molecule has 36 heavy (non-hydrogen) atoms. The Hall–Kier alpha value is -3.86. The Balaban J connectivity index is 1.11. The van der Waals surface area contributed by atoms with Gasteiger partial charge in [-0.15, -0.1) is 0 Å². The molecule has 1 unspecified atom stereocenters. The van der Waals surface area contributed by atoms with Crippen LogP contribution in [0.2, 0.25) is 0 Å². The van der Waals surface area contributed by atoms with Crippen molar-refractivity contribution < 1.29 is 14.2 Å². The first-order valence-electron chi connectivity index (χ1n) is 12.2. The highest BCUT2D eigenvalue weighted by atomic mass is 19.1. The predicted octanol–water partition coefficient (Wildman–Crippen LogP) is 1.51. The number of β-amino-alcohol motifs (C(OH)–C–C–N with tert-alkyl or cyclic N) is 1.